The normalized spacial score (nSPS) is 20.0. The van der Waals surface area contributed by atoms with Crippen LogP contribution in [0, 0.1) is 0 Å². The molecule has 1 aliphatic heterocycles. The lowest BCUT2D eigenvalue weighted by molar-refractivity contribution is 0.171. The fourth-order valence-corrected chi connectivity index (χ4v) is 2.80. The molecule has 2 heterocycles. The molecule has 0 aliphatic carbocycles. The van der Waals surface area contributed by atoms with E-state index in [0.717, 1.165) is 28.8 Å². The summed E-state index contributed by atoms with van der Waals surface area (Å²) < 4.78 is 6.78. The number of halogens is 1. The molecule has 4 nitrogen and oxygen atoms in total. The largest absolute Gasteiger partial charge is 0.439 e. The summed E-state index contributed by atoms with van der Waals surface area (Å²) in [6.45, 7) is 2.25. The molecule has 1 aliphatic rings. The number of aromatic nitrogens is 1. The first-order valence-electron chi connectivity index (χ1n) is 6.32. The molecule has 1 atom stereocenters. The minimum Gasteiger partial charge on any atom is -0.439 e. The molecule has 100 valence electrons. The zero-order chi connectivity index (χ0) is 13.2. The number of aliphatic hydroxyl groups excluding tert-OH is 1. The number of oxazole rings is 1. The Kier molecular flexibility index (Phi) is 3.68. The van der Waals surface area contributed by atoms with Gasteiger partial charge in [0.25, 0.3) is 0 Å². The van der Waals surface area contributed by atoms with Crippen LogP contribution in [0.2, 0.25) is 0 Å². The Morgan fingerprint density at radius 3 is 3.00 bits per heavy atom. The van der Waals surface area contributed by atoms with Crippen molar-refractivity contribution in [3.05, 3.63) is 40.8 Å². The van der Waals surface area contributed by atoms with Crippen molar-refractivity contribution in [3.63, 3.8) is 0 Å². The van der Waals surface area contributed by atoms with Gasteiger partial charge in [-0.3, -0.25) is 4.90 Å². The summed E-state index contributed by atoms with van der Waals surface area (Å²) in [5.74, 6) is 1.46. The van der Waals surface area contributed by atoms with Crippen molar-refractivity contribution >= 4 is 15.9 Å². The van der Waals surface area contributed by atoms with Gasteiger partial charge in [-0.05, 0) is 12.5 Å². The number of benzene rings is 1. The zero-order valence-corrected chi connectivity index (χ0v) is 12.0. The summed E-state index contributed by atoms with van der Waals surface area (Å²) in [6.07, 6.45) is 2.37. The van der Waals surface area contributed by atoms with E-state index in [2.05, 4.69) is 25.8 Å². The summed E-state index contributed by atoms with van der Waals surface area (Å²) in [6, 6.07) is 7.91. The van der Waals surface area contributed by atoms with Crippen LogP contribution in [0.4, 0.5) is 0 Å². The summed E-state index contributed by atoms with van der Waals surface area (Å²) >= 11 is 3.51. The number of hydrogen-bond donors (Lipinski definition) is 1. The predicted octanol–water partition coefficient (Wildman–Crippen LogP) is 2.67. The molecule has 2 aromatic rings. The van der Waals surface area contributed by atoms with E-state index in [1.54, 1.807) is 6.20 Å². The van der Waals surface area contributed by atoms with Gasteiger partial charge < -0.3 is 9.52 Å². The molecule has 0 amide bonds. The molecule has 3 rings (SSSR count). The van der Waals surface area contributed by atoms with E-state index in [1.165, 1.54) is 0 Å². The van der Waals surface area contributed by atoms with Gasteiger partial charge in [0.1, 0.15) is 0 Å². The summed E-state index contributed by atoms with van der Waals surface area (Å²) in [5.41, 5.74) is 1.00. The van der Waals surface area contributed by atoms with Crippen LogP contribution in [0.3, 0.4) is 0 Å². The van der Waals surface area contributed by atoms with Gasteiger partial charge in [-0.25, -0.2) is 4.98 Å². The second-order valence-electron chi connectivity index (χ2n) is 4.78. The van der Waals surface area contributed by atoms with Crippen LogP contribution in [0.15, 0.2) is 39.4 Å². The maximum Gasteiger partial charge on any atom is 0.209 e. The van der Waals surface area contributed by atoms with E-state index in [4.69, 9.17) is 4.42 Å². The minimum absolute atomic E-state index is 0.210. The molecule has 1 fully saturated rings. The molecule has 1 aromatic heterocycles. The lowest BCUT2D eigenvalue weighted by Gasteiger charge is -2.11. The SMILES string of the molecule is O[C@H]1CCN(Cc2ncc(-c3ccccc3Br)o2)C1. The fraction of sp³-hybridized carbons (Fsp3) is 0.357. The van der Waals surface area contributed by atoms with Crippen molar-refractivity contribution in [1.82, 2.24) is 9.88 Å². The molecule has 0 unspecified atom stereocenters. The zero-order valence-electron chi connectivity index (χ0n) is 10.4. The van der Waals surface area contributed by atoms with Gasteiger partial charge in [-0.15, -0.1) is 0 Å². The van der Waals surface area contributed by atoms with Gasteiger partial charge in [0.2, 0.25) is 5.89 Å². The van der Waals surface area contributed by atoms with Crippen molar-refractivity contribution < 1.29 is 9.52 Å². The van der Waals surface area contributed by atoms with Crippen LogP contribution in [-0.4, -0.2) is 34.2 Å². The van der Waals surface area contributed by atoms with Crippen molar-refractivity contribution in [3.8, 4) is 11.3 Å². The monoisotopic (exact) mass is 322 g/mol. The van der Waals surface area contributed by atoms with E-state index in [0.29, 0.717) is 19.0 Å². The quantitative estimate of drug-likeness (QED) is 0.943. The molecule has 0 spiro atoms. The molecule has 1 N–H and O–H groups in total. The highest BCUT2D eigenvalue weighted by Gasteiger charge is 2.21. The van der Waals surface area contributed by atoms with Gasteiger partial charge in [0, 0.05) is 23.1 Å². The number of likely N-dealkylation sites (tertiary alicyclic amines) is 1. The third kappa shape index (κ3) is 2.88. The molecule has 1 aromatic carbocycles. The molecule has 0 radical (unpaired) electrons. The van der Waals surface area contributed by atoms with Crippen molar-refractivity contribution in [2.75, 3.05) is 13.1 Å². The Bertz CT molecular complexity index is 570. The van der Waals surface area contributed by atoms with Gasteiger partial charge in [0.05, 0.1) is 18.8 Å². The van der Waals surface area contributed by atoms with Gasteiger partial charge >= 0.3 is 0 Å². The van der Waals surface area contributed by atoms with Crippen molar-refractivity contribution in [2.24, 2.45) is 0 Å². The topological polar surface area (TPSA) is 49.5 Å². The number of rotatable bonds is 3. The summed E-state index contributed by atoms with van der Waals surface area (Å²) in [5, 5.41) is 9.50. The highest BCUT2D eigenvalue weighted by Crippen LogP contribution is 2.28. The predicted molar refractivity (Wildman–Crippen MR) is 75.5 cm³/mol. The summed E-state index contributed by atoms with van der Waals surface area (Å²) in [7, 11) is 0. The molecule has 1 saturated heterocycles. The maximum absolute atomic E-state index is 9.50. The standard InChI is InChI=1S/C14H15BrN2O2/c15-12-4-2-1-3-11(12)13-7-16-14(19-13)9-17-6-5-10(18)8-17/h1-4,7,10,18H,5-6,8-9H2/t10-/m0/s1. The number of β-amino-alcohol motifs (C(OH)–C–C–N with tert-alkyl or cyclic N) is 1. The Morgan fingerprint density at radius 2 is 2.26 bits per heavy atom. The summed E-state index contributed by atoms with van der Waals surface area (Å²) in [4.78, 5) is 6.46. The second-order valence-corrected chi connectivity index (χ2v) is 5.63. The average Bonchev–Trinajstić information content (AvgIpc) is 3.00. The van der Waals surface area contributed by atoms with Crippen LogP contribution < -0.4 is 0 Å². The highest BCUT2D eigenvalue weighted by molar-refractivity contribution is 9.10. The fourth-order valence-electron chi connectivity index (χ4n) is 2.32. The number of nitrogens with zero attached hydrogens (tertiary/aromatic N) is 2. The van der Waals surface area contributed by atoms with Crippen LogP contribution in [-0.2, 0) is 6.54 Å². The Hall–Kier alpha value is -1.17. The van der Waals surface area contributed by atoms with Crippen LogP contribution >= 0.6 is 15.9 Å². The Morgan fingerprint density at radius 1 is 1.42 bits per heavy atom. The number of hydrogen-bond acceptors (Lipinski definition) is 4. The van der Waals surface area contributed by atoms with Crippen LogP contribution in [0.5, 0.6) is 0 Å². The van der Waals surface area contributed by atoms with Gasteiger partial charge in [-0.2, -0.15) is 0 Å². The van der Waals surface area contributed by atoms with E-state index < -0.39 is 0 Å². The highest BCUT2D eigenvalue weighted by atomic mass is 79.9. The first-order chi connectivity index (χ1) is 9.22. The first-order valence-corrected chi connectivity index (χ1v) is 7.11. The molecule has 5 heteroatoms. The van der Waals surface area contributed by atoms with Crippen molar-refractivity contribution in [2.45, 2.75) is 19.1 Å². The molecular formula is C14H15BrN2O2. The van der Waals surface area contributed by atoms with E-state index >= 15 is 0 Å². The van der Waals surface area contributed by atoms with E-state index in [-0.39, 0.29) is 6.10 Å². The second kappa shape index (κ2) is 5.45. The molecule has 0 saturated carbocycles. The lowest BCUT2D eigenvalue weighted by Crippen LogP contribution is -2.21. The Balaban J connectivity index is 1.75. The number of aliphatic hydroxyl groups is 1. The minimum atomic E-state index is -0.210. The maximum atomic E-state index is 9.50. The molecule has 19 heavy (non-hydrogen) atoms. The molecular weight excluding hydrogens is 308 g/mol. The van der Waals surface area contributed by atoms with E-state index in [9.17, 15) is 5.11 Å². The van der Waals surface area contributed by atoms with Crippen LogP contribution in [0.25, 0.3) is 11.3 Å². The smallest absolute Gasteiger partial charge is 0.209 e. The van der Waals surface area contributed by atoms with Crippen LogP contribution in [0.1, 0.15) is 12.3 Å². The van der Waals surface area contributed by atoms with Crippen molar-refractivity contribution in [1.29, 1.82) is 0 Å². The van der Waals surface area contributed by atoms with Gasteiger partial charge in [-0.1, -0.05) is 34.1 Å². The lowest BCUT2D eigenvalue weighted by atomic mass is 10.2. The van der Waals surface area contributed by atoms with E-state index in [1.807, 2.05) is 24.3 Å². The third-order valence-corrected chi connectivity index (χ3v) is 3.99. The Labute approximate surface area is 120 Å². The third-order valence-electron chi connectivity index (χ3n) is 3.30. The van der Waals surface area contributed by atoms with Gasteiger partial charge in [0.15, 0.2) is 5.76 Å². The molecule has 0 bridgehead atoms. The first kappa shape index (κ1) is 12.8. The average molecular weight is 323 g/mol.